The van der Waals surface area contributed by atoms with E-state index >= 15 is 0 Å². The fraction of sp³-hybridized carbons (Fsp3) is 0.182. The van der Waals surface area contributed by atoms with Crippen molar-refractivity contribution in [2.45, 2.75) is 26.8 Å². The van der Waals surface area contributed by atoms with Crippen LogP contribution in [-0.2, 0) is 16.1 Å². The van der Waals surface area contributed by atoms with Crippen LogP contribution in [0, 0.1) is 5.82 Å². The van der Waals surface area contributed by atoms with Crippen molar-refractivity contribution < 1.29 is 18.7 Å². The highest BCUT2D eigenvalue weighted by Gasteiger charge is 2.12. The standard InChI is InChI=1S/C33H32FN3O3/c1-4-40-32(38)17-18-35-33(39)31-16-11-27(21-37-31)30-19-25(22(2)3)5-6-26(30)20-36-29-14-9-24(10-15-29)23-7-12-28(34)13-8-23/h5-16,19,21,36H,2,4,17-18,20H2,1,3H3,(H,35,39). The topological polar surface area (TPSA) is 80.3 Å². The molecule has 0 saturated heterocycles. The zero-order chi connectivity index (χ0) is 28.5. The molecule has 0 radical (unpaired) electrons. The van der Waals surface area contributed by atoms with Gasteiger partial charge in [0.05, 0.1) is 13.0 Å². The average Bonchev–Trinajstić information content (AvgIpc) is 2.97. The number of carbonyl (C=O) groups excluding carboxylic acids is 2. The van der Waals surface area contributed by atoms with Crippen LogP contribution in [0.15, 0.2) is 91.6 Å². The number of nitrogens with zero attached hydrogens (tertiary/aromatic N) is 1. The lowest BCUT2D eigenvalue weighted by molar-refractivity contribution is -0.142. The maximum absolute atomic E-state index is 13.2. The highest BCUT2D eigenvalue weighted by molar-refractivity contribution is 5.92. The first-order valence-electron chi connectivity index (χ1n) is 13.1. The van der Waals surface area contributed by atoms with Gasteiger partial charge >= 0.3 is 5.97 Å². The lowest BCUT2D eigenvalue weighted by Crippen LogP contribution is -2.27. The number of halogens is 1. The fourth-order valence-electron chi connectivity index (χ4n) is 4.17. The van der Waals surface area contributed by atoms with E-state index in [4.69, 9.17) is 4.74 Å². The Labute approximate surface area is 233 Å². The Morgan fingerprint density at radius 3 is 2.23 bits per heavy atom. The molecule has 2 N–H and O–H groups in total. The van der Waals surface area contributed by atoms with E-state index in [0.29, 0.717) is 13.2 Å². The number of nitrogens with one attached hydrogen (secondary N) is 2. The van der Waals surface area contributed by atoms with Crippen LogP contribution in [0.2, 0.25) is 0 Å². The number of esters is 1. The molecular weight excluding hydrogens is 505 g/mol. The summed E-state index contributed by atoms with van der Waals surface area (Å²) >= 11 is 0. The molecular formula is C33H32FN3O3. The summed E-state index contributed by atoms with van der Waals surface area (Å²) in [6.07, 6.45) is 1.79. The van der Waals surface area contributed by atoms with E-state index in [0.717, 1.165) is 44.6 Å². The van der Waals surface area contributed by atoms with Crippen LogP contribution in [0.25, 0.3) is 27.8 Å². The summed E-state index contributed by atoms with van der Waals surface area (Å²) in [6, 6.07) is 24.2. The van der Waals surface area contributed by atoms with Gasteiger partial charge in [0.1, 0.15) is 11.5 Å². The van der Waals surface area contributed by atoms with Gasteiger partial charge in [-0.15, -0.1) is 0 Å². The molecule has 0 bridgehead atoms. The van der Waals surface area contributed by atoms with E-state index in [1.54, 1.807) is 31.3 Å². The van der Waals surface area contributed by atoms with Crippen LogP contribution in [-0.4, -0.2) is 30.0 Å². The summed E-state index contributed by atoms with van der Waals surface area (Å²) in [5, 5.41) is 6.17. The van der Waals surface area contributed by atoms with E-state index in [1.165, 1.54) is 12.1 Å². The third kappa shape index (κ3) is 7.41. The first kappa shape index (κ1) is 28.2. The Hall–Kier alpha value is -4.78. The Kier molecular flexibility index (Phi) is 9.41. The molecule has 0 saturated carbocycles. The molecule has 0 aliphatic heterocycles. The third-order valence-electron chi connectivity index (χ3n) is 6.38. The lowest BCUT2D eigenvalue weighted by Gasteiger charge is -2.15. The molecule has 0 aliphatic carbocycles. The predicted molar refractivity (Wildman–Crippen MR) is 157 cm³/mol. The van der Waals surface area contributed by atoms with Gasteiger partial charge in [0, 0.05) is 30.5 Å². The molecule has 204 valence electrons. The van der Waals surface area contributed by atoms with Crippen molar-refractivity contribution in [2.24, 2.45) is 0 Å². The molecule has 3 aromatic carbocycles. The van der Waals surface area contributed by atoms with Gasteiger partial charge in [0.25, 0.3) is 5.91 Å². The van der Waals surface area contributed by atoms with Crippen molar-refractivity contribution in [3.8, 4) is 22.3 Å². The minimum atomic E-state index is -0.353. The molecule has 7 heteroatoms. The first-order chi connectivity index (χ1) is 19.3. The van der Waals surface area contributed by atoms with Gasteiger partial charge in [0.15, 0.2) is 0 Å². The van der Waals surface area contributed by atoms with E-state index in [-0.39, 0.29) is 36.4 Å². The maximum Gasteiger partial charge on any atom is 0.307 e. The average molecular weight is 538 g/mol. The van der Waals surface area contributed by atoms with E-state index < -0.39 is 0 Å². The second kappa shape index (κ2) is 13.3. The number of pyridine rings is 1. The predicted octanol–water partition coefficient (Wildman–Crippen LogP) is 6.88. The van der Waals surface area contributed by atoms with E-state index in [9.17, 15) is 14.0 Å². The fourth-order valence-corrected chi connectivity index (χ4v) is 4.17. The van der Waals surface area contributed by atoms with Crippen LogP contribution >= 0.6 is 0 Å². The molecule has 0 unspecified atom stereocenters. The summed E-state index contributed by atoms with van der Waals surface area (Å²) < 4.78 is 18.1. The highest BCUT2D eigenvalue weighted by atomic mass is 19.1. The summed E-state index contributed by atoms with van der Waals surface area (Å²) in [7, 11) is 0. The highest BCUT2D eigenvalue weighted by Crippen LogP contribution is 2.28. The van der Waals surface area contributed by atoms with Crippen LogP contribution in [0.3, 0.4) is 0 Å². The minimum Gasteiger partial charge on any atom is -0.466 e. The number of ether oxygens (including phenoxy) is 1. The summed E-state index contributed by atoms with van der Waals surface area (Å²) in [4.78, 5) is 28.3. The normalized spacial score (nSPS) is 10.6. The zero-order valence-electron chi connectivity index (χ0n) is 22.7. The molecule has 0 aliphatic rings. The van der Waals surface area contributed by atoms with Crippen molar-refractivity contribution in [1.82, 2.24) is 10.3 Å². The molecule has 0 fully saturated rings. The Morgan fingerprint density at radius 2 is 1.60 bits per heavy atom. The lowest BCUT2D eigenvalue weighted by atomic mass is 9.96. The molecule has 4 aromatic rings. The number of anilines is 1. The number of amides is 1. The van der Waals surface area contributed by atoms with Gasteiger partial charge in [-0.25, -0.2) is 4.39 Å². The number of aromatic nitrogens is 1. The van der Waals surface area contributed by atoms with Crippen molar-refractivity contribution in [3.05, 3.63) is 114 Å². The number of hydrogen-bond acceptors (Lipinski definition) is 5. The molecule has 1 amide bonds. The molecule has 4 rings (SSSR count). The first-order valence-corrected chi connectivity index (χ1v) is 13.1. The molecule has 0 atom stereocenters. The maximum atomic E-state index is 13.2. The van der Waals surface area contributed by atoms with Gasteiger partial charge in [-0.05, 0) is 78.1 Å². The largest absolute Gasteiger partial charge is 0.466 e. The monoisotopic (exact) mass is 537 g/mol. The molecule has 1 heterocycles. The van der Waals surface area contributed by atoms with Gasteiger partial charge < -0.3 is 15.4 Å². The van der Waals surface area contributed by atoms with Gasteiger partial charge in [-0.2, -0.15) is 0 Å². The minimum absolute atomic E-state index is 0.108. The second-order valence-corrected chi connectivity index (χ2v) is 9.33. The molecule has 1 aromatic heterocycles. The Morgan fingerprint density at radius 1 is 0.925 bits per heavy atom. The number of rotatable bonds is 11. The van der Waals surface area contributed by atoms with Crippen LogP contribution in [0.1, 0.15) is 41.9 Å². The van der Waals surface area contributed by atoms with Crippen LogP contribution in [0.4, 0.5) is 10.1 Å². The van der Waals surface area contributed by atoms with Crippen molar-refractivity contribution in [2.75, 3.05) is 18.5 Å². The number of allylic oxidation sites excluding steroid dienone is 1. The smallest absolute Gasteiger partial charge is 0.307 e. The summed E-state index contributed by atoms with van der Waals surface area (Å²) in [5.74, 6) is -0.958. The van der Waals surface area contributed by atoms with E-state index in [1.807, 2.05) is 43.3 Å². The summed E-state index contributed by atoms with van der Waals surface area (Å²) in [6.45, 7) is 8.83. The molecule has 40 heavy (non-hydrogen) atoms. The van der Waals surface area contributed by atoms with Crippen molar-refractivity contribution in [1.29, 1.82) is 0 Å². The van der Waals surface area contributed by atoms with Crippen molar-refractivity contribution in [3.63, 3.8) is 0 Å². The second-order valence-electron chi connectivity index (χ2n) is 9.33. The van der Waals surface area contributed by atoms with E-state index in [2.05, 4.69) is 34.3 Å². The van der Waals surface area contributed by atoms with Gasteiger partial charge in [-0.1, -0.05) is 54.6 Å². The van der Waals surface area contributed by atoms with Crippen LogP contribution < -0.4 is 10.6 Å². The quantitative estimate of drug-likeness (QED) is 0.204. The SMILES string of the molecule is C=C(C)c1ccc(CNc2ccc(-c3ccc(F)cc3)cc2)c(-c2ccc(C(=O)NCCC(=O)OCC)nc2)c1. The molecule has 0 spiro atoms. The number of carbonyl (C=O) groups is 2. The van der Waals surface area contributed by atoms with Crippen molar-refractivity contribution >= 4 is 23.1 Å². The zero-order valence-corrected chi connectivity index (χ0v) is 22.7. The van der Waals surface area contributed by atoms with Crippen LogP contribution in [0.5, 0.6) is 0 Å². The van der Waals surface area contributed by atoms with Gasteiger partial charge in [-0.3, -0.25) is 14.6 Å². The Bertz CT molecular complexity index is 1480. The summed E-state index contributed by atoms with van der Waals surface area (Å²) in [5.41, 5.74) is 8.06. The third-order valence-corrected chi connectivity index (χ3v) is 6.38. The van der Waals surface area contributed by atoms with Gasteiger partial charge in [0.2, 0.25) is 0 Å². The number of benzene rings is 3. The molecule has 6 nitrogen and oxygen atoms in total. The Balaban J connectivity index is 1.47. The number of hydrogen-bond donors (Lipinski definition) is 2.